The van der Waals surface area contributed by atoms with Gasteiger partial charge in [0.15, 0.2) is 0 Å². The van der Waals surface area contributed by atoms with Gasteiger partial charge in [0.05, 0.1) is 11.9 Å². The molecule has 2 heterocycles. The monoisotopic (exact) mass is 321 g/mol. The molecular weight excluding hydrogens is 294 g/mol. The Morgan fingerprint density at radius 2 is 2.13 bits per heavy atom. The summed E-state index contributed by atoms with van der Waals surface area (Å²) < 4.78 is 7.63. The third kappa shape index (κ3) is 4.32. The van der Waals surface area contributed by atoms with E-state index in [1.54, 1.807) is 12.5 Å². The number of imidazole rings is 1. The molecule has 1 aliphatic heterocycles. The summed E-state index contributed by atoms with van der Waals surface area (Å²) >= 11 is 0. The first-order valence-corrected chi connectivity index (χ1v) is 8.74. The van der Waals surface area contributed by atoms with Crippen LogP contribution in [-0.2, 0) is 16.1 Å². The van der Waals surface area contributed by atoms with Crippen LogP contribution in [0.25, 0.3) is 0 Å². The first kappa shape index (κ1) is 16.5. The van der Waals surface area contributed by atoms with Crippen molar-refractivity contribution in [1.29, 1.82) is 0 Å². The van der Waals surface area contributed by atoms with Crippen LogP contribution in [0.3, 0.4) is 0 Å². The van der Waals surface area contributed by atoms with E-state index in [-0.39, 0.29) is 11.8 Å². The number of hydrogen-bond donors (Lipinski definition) is 2. The van der Waals surface area contributed by atoms with Gasteiger partial charge in [-0.05, 0) is 19.3 Å². The van der Waals surface area contributed by atoms with Crippen LogP contribution in [0.5, 0.6) is 0 Å². The first-order chi connectivity index (χ1) is 11.2. The van der Waals surface area contributed by atoms with E-state index in [9.17, 15) is 9.90 Å². The van der Waals surface area contributed by atoms with Crippen molar-refractivity contribution >= 4 is 5.91 Å². The summed E-state index contributed by atoms with van der Waals surface area (Å²) in [6.07, 6.45) is 11.8. The van der Waals surface area contributed by atoms with Crippen molar-refractivity contribution in [1.82, 2.24) is 14.9 Å². The molecule has 0 radical (unpaired) electrons. The Labute approximate surface area is 137 Å². The maximum Gasteiger partial charge on any atom is 0.249 e. The van der Waals surface area contributed by atoms with E-state index in [1.165, 1.54) is 12.8 Å². The van der Waals surface area contributed by atoms with E-state index < -0.39 is 11.7 Å². The van der Waals surface area contributed by atoms with Crippen LogP contribution in [0.1, 0.15) is 44.9 Å². The SMILES string of the molecule is O=C(NCC1(O)CCCCCC1)[C@@H]1OCC[C@@H]1Cn1ccnc1. The Balaban J connectivity index is 1.52. The quantitative estimate of drug-likeness (QED) is 0.806. The van der Waals surface area contributed by atoms with Gasteiger partial charge in [0.1, 0.15) is 6.10 Å². The van der Waals surface area contributed by atoms with Gasteiger partial charge in [-0.2, -0.15) is 0 Å². The second kappa shape index (κ2) is 7.45. The minimum Gasteiger partial charge on any atom is -0.388 e. The van der Waals surface area contributed by atoms with Crippen LogP contribution in [0, 0.1) is 5.92 Å². The van der Waals surface area contributed by atoms with Gasteiger partial charge in [-0.3, -0.25) is 4.79 Å². The molecule has 23 heavy (non-hydrogen) atoms. The van der Waals surface area contributed by atoms with Gasteiger partial charge in [-0.1, -0.05) is 25.7 Å². The highest BCUT2D eigenvalue weighted by Gasteiger charge is 2.36. The lowest BCUT2D eigenvalue weighted by Gasteiger charge is -2.28. The Kier molecular flexibility index (Phi) is 5.33. The molecule has 6 heteroatoms. The maximum absolute atomic E-state index is 12.5. The molecule has 2 aliphatic rings. The fraction of sp³-hybridized carbons (Fsp3) is 0.765. The second-order valence-electron chi connectivity index (χ2n) is 6.96. The lowest BCUT2D eigenvalue weighted by Crippen LogP contribution is -2.47. The summed E-state index contributed by atoms with van der Waals surface area (Å²) in [5.74, 6) is 0.0678. The molecule has 0 bridgehead atoms. The van der Waals surface area contributed by atoms with E-state index in [2.05, 4.69) is 10.3 Å². The zero-order valence-corrected chi connectivity index (χ0v) is 13.6. The van der Waals surface area contributed by atoms with Crippen molar-refractivity contribution in [3.8, 4) is 0 Å². The molecule has 2 N–H and O–H groups in total. The Hall–Kier alpha value is -1.40. The zero-order chi connectivity index (χ0) is 16.1. The van der Waals surface area contributed by atoms with Gasteiger partial charge in [-0.25, -0.2) is 4.98 Å². The first-order valence-electron chi connectivity index (χ1n) is 8.74. The molecule has 2 fully saturated rings. The number of carbonyl (C=O) groups excluding carboxylic acids is 1. The smallest absolute Gasteiger partial charge is 0.249 e. The minimum atomic E-state index is -0.745. The Morgan fingerprint density at radius 1 is 1.35 bits per heavy atom. The number of carbonyl (C=O) groups is 1. The van der Waals surface area contributed by atoms with Gasteiger partial charge in [0, 0.05) is 38.0 Å². The highest BCUT2D eigenvalue weighted by Crippen LogP contribution is 2.27. The number of nitrogens with one attached hydrogen (secondary N) is 1. The molecule has 1 aliphatic carbocycles. The molecule has 1 aromatic rings. The lowest BCUT2D eigenvalue weighted by molar-refractivity contribution is -0.133. The van der Waals surface area contributed by atoms with Gasteiger partial charge < -0.3 is 19.7 Å². The fourth-order valence-electron chi connectivity index (χ4n) is 3.69. The average Bonchev–Trinajstić information content (AvgIpc) is 3.17. The third-order valence-electron chi connectivity index (χ3n) is 5.10. The van der Waals surface area contributed by atoms with Crippen molar-refractivity contribution in [2.24, 2.45) is 5.92 Å². The summed E-state index contributed by atoms with van der Waals surface area (Å²) in [4.78, 5) is 16.5. The summed E-state index contributed by atoms with van der Waals surface area (Å²) in [5.41, 5.74) is -0.745. The second-order valence-corrected chi connectivity index (χ2v) is 6.96. The summed E-state index contributed by atoms with van der Waals surface area (Å²) in [5, 5.41) is 13.6. The summed E-state index contributed by atoms with van der Waals surface area (Å²) in [6.45, 7) is 1.69. The predicted octanol–water partition coefficient (Wildman–Crippen LogP) is 1.49. The normalized spacial score (nSPS) is 27.5. The molecule has 0 unspecified atom stereocenters. The largest absolute Gasteiger partial charge is 0.388 e. The topological polar surface area (TPSA) is 76.4 Å². The van der Waals surface area contributed by atoms with Crippen LogP contribution in [-0.4, -0.2) is 45.4 Å². The fourth-order valence-corrected chi connectivity index (χ4v) is 3.69. The standard InChI is InChI=1S/C17H27N3O3/c21-16(19-12-17(22)6-3-1-2-4-7-17)15-14(5-10-23-15)11-20-9-8-18-13-20/h8-9,13-15,22H,1-7,10-12H2,(H,19,21)/t14-,15-/m1/s1. The van der Waals surface area contributed by atoms with Crippen molar-refractivity contribution in [2.45, 2.75) is 63.2 Å². The van der Waals surface area contributed by atoms with Gasteiger partial charge >= 0.3 is 0 Å². The predicted molar refractivity (Wildman–Crippen MR) is 85.7 cm³/mol. The van der Waals surface area contributed by atoms with Crippen LogP contribution in [0.2, 0.25) is 0 Å². The summed E-state index contributed by atoms with van der Waals surface area (Å²) in [6, 6.07) is 0. The number of aromatic nitrogens is 2. The Morgan fingerprint density at radius 3 is 2.83 bits per heavy atom. The highest BCUT2D eigenvalue weighted by molar-refractivity contribution is 5.81. The van der Waals surface area contributed by atoms with Crippen LogP contribution >= 0.6 is 0 Å². The number of hydrogen-bond acceptors (Lipinski definition) is 4. The molecule has 1 saturated carbocycles. The van der Waals surface area contributed by atoms with Crippen LogP contribution < -0.4 is 5.32 Å². The molecule has 6 nitrogen and oxygen atoms in total. The number of rotatable bonds is 5. The van der Waals surface area contributed by atoms with E-state index in [1.807, 2.05) is 10.8 Å². The van der Waals surface area contributed by atoms with Gasteiger partial charge in [0.2, 0.25) is 5.91 Å². The molecule has 2 atom stereocenters. The minimum absolute atomic E-state index is 0.0923. The van der Waals surface area contributed by atoms with Crippen molar-refractivity contribution < 1.29 is 14.6 Å². The van der Waals surface area contributed by atoms with Gasteiger partial charge in [-0.15, -0.1) is 0 Å². The number of ether oxygens (including phenoxy) is 1. The average molecular weight is 321 g/mol. The number of aliphatic hydroxyl groups is 1. The van der Waals surface area contributed by atoms with Crippen LogP contribution in [0.4, 0.5) is 0 Å². The number of amides is 1. The van der Waals surface area contributed by atoms with E-state index in [0.29, 0.717) is 13.2 Å². The molecule has 1 amide bonds. The zero-order valence-electron chi connectivity index (χ0n) is 13.6. The Bertz CT molecular complexity index is 495. The van der Waals surface area contributed by atoms with E-state index in [4.69, 9.17) is 4.74 Å². The lowest BCUT2D eigenvalue weighted by atomic mass is 9.94. The van der Waals surface area contributed by atoms with Crippen molar-refractivity contribution in [2.75, 3.05) is 13.2 Å². The molecule has 0 aromatic carbocycles. The van der Waals surface area contributed by atoms with Crippen molar-refractivity contribution in [3.63, 3.8) is 0 Å². The van der Waals surface area contributed by atoms with Crippen molar-refractivity contribution in [3.05, 3.63) is 18.7 Å². The summed E-state index contributed by atoms with van der Waals surface area (Å²) in [7, 11) is 0. The van der Waals surface area contributed by atoms with Gasteiger partial charge in [0.25, 0.3) is 0 Å². The third-order valence-corrected chi connectivity index (χ3v) is 5.10. The molecule has 0 spiro atoms. The van der Waals surface area contributed by atoms with E-state index >= 15 is 0 Å². The molecule has 1 aromatic heterocycles. The molecule has 128 valence electrons. The maximum atomic E-state index is 12.5. The molecule has 1 saturated heterocycles. The molecule has 3 rings (SSSR count). The molecular formula is C17H27N3O3. The van der Waals surface area contributed by atoms with E-state index in [0.717, 1.165) is 38.6 Å². The highest BCUT2D eigenvalue weighted by atomic mass is 16.5. The van der Waals surface area contributed by atoms with Crippen LogP contribution in [0.15, 0.2) is 18.7 Å². The number of nitrogens with zero attached hydrogens (tertiary/aromatic N) is 2.